The first kappa shape index (κ1) is 35.5. The summed E-state index contributed by atoms with van der Waals surface area (Å²) in [6.07, 6.45) is -4.51. The lowest BCUT2D eigenvalue weighted by atomic mass is 10.1. The molecular formula is C29H45NO11. The number of ether oxygens (including phenoxy) is 7. The molecule has 0 aliphatic rings. The van der Waals surface area contributed by atoms with Crippen molar-refractivity contribution in [2.45, 2.75) is 106 Å². The van der Waals surface area contributed by atoms with Crippen molar-refractivity contribution in [1.29, 1.82) is 0 Å². The third-order valence-corrected chi connectivity index (χ3v) is 5.74. The van der Waals surface area contributed by atoms with E-state index in [-0.39, 0.29) is 36.4 Å². The molecule has 0 amide bonds. The van der Waals surface area contributed by atoms with Crippen LogP contribution in [0.15, 0.2) is 18.2 Å². The van der Waals surface area contributed by atoms with E-state index in [0.717, 1.165) is 0 Å². The fourth-order valence-corrected chi connectivity index (χ4v) is 2.77. The van der Waals surface area contributed by atoms with Gasteiger partial charge < -0.3 is 38.9 Å². The van der Waals surface area contributed by atoms with Crippen LogP contribution in [0.3, 0.4) is 0 Å². The molecule has 0 aliphatic heterocycles. The number of benzene rings is 1. The summed E-state index contributed by atoms with van der Waals surface area (Å²) < 4.78 is 36.4. The maximum Gasteiger partial charge on any atom is 0.514 e. The van der Waals surface area contributed by atoms with E-state index in [1.165, 1.54) is 19.1 Å². The van der Waals surface area contributed by atoms with Gasteiger partial charge in [0.1, 0.15) is 36.6 Å². The monoisotopic (exact) mass is 583 g/mol. The molecule has 2 N–H and O–H groups in total. The third-order valence-electron chi connectivity index (χ3n) is 5.74. The zero-order valence-corrected chi connectivity index (χ0v) is 25.7. The van der Waals surface area contributed by atoms with Crippen LogP contribution in [-0.4, -0.2) is 61.0 Å². The van der Waals surface area contributed by atoms with E-state index >= 15 is 0 Å². The molecule has 2 unspecified atom stereocenters. The summed E-state index contributed by atoms with van der Waals surface area (Å²) in [4.78, 5) is 49.0. The average molecular weight is 584 g/mol. The average Bonchev–Trinajstić information content (AvgIpc) is 2.82. The molecule has 0 saturated carbocycles. The Balaban J connectivity index is 2.95. The predicted octanol–water partition coefficient (Wildman–Crippen LogP) is 5.56. The minimum absolute atomic E-state index is 0.0125. The Morgan fingerprint density at radius 2 is 1.27 bits per heavy atom. The van der Waals surface area contributed by atoms with Gasteiger partial charge >= 0.3 is 24.4 Å². The van der Waals surface area contributed by atoms with Crippen molar-refractivity contribution < 1.29 is 52.3 Å². The van der Waals surface area contributed by atoms with Crippen LogP contribution in [0.1, 0.15) is 74.8 Å². The van der Waals surface area contributed by atoms with Crippen LogP contribution >= 0.6 is 0 Å². The van der Waals surface area contributed by atoms with Gasteiger partial charge in [0, 0.05) is 0 Å². The lowest BCUT2D eigenvalue weighted by Gasteiger charge is -2.21. The molecule has 4 atom stereocenters. The first-order valence-corrected chi connectivity index (χ1v) is 13.6. The Morgan fingerprint density at radius 1 is 0.756 bits per heavy atom. The molecule has 0 aromatic heterocycles. The molecule has 0 saturated heterocycles. The fraction of sp³-hybridized carbons (Fsp3) is 0.655. The number of esters is 1. The van der Waals surface area contributed by atoms with E-state index in [4.69, 9.17) is 38.9 Å². The van der Waals surface area contributed by atoms with Crippen LogP contribution in [0.2, 0.25) is 0 Å². The molecule has 1 rings (SSSR count). The summed E-state index contributed by atoms with van der Waals surface area (Å²) in [6, 6.07) is 3.23. The highest BCUT2D eigenvalue weighted by Crippen LogP contribution is 2.30. The smallest absolute Gasteiger partial charge is 0.458 e. The largest absolute Gasteiger partial charge is 0.514 e. The van der Waals surface area contributed by atoms with Gasteiger partial charge in [-0.05, 0) is 77.5 Å². The van der Waals surface area contributed by atoms with Crippen molar-refractivity contribution >= 4 is 24.4 Å². The second-order valence-electron chi connectivity index (χ2n) is 11.5. The molecule has 0 heterocycles. The van der Waals surface area contributed by atoms with Crippen molar-refractivity contribution in [3.05, 3.63) is 23.8 Å². The summed E-state index contributed by atoms with van der Waals surface area (Å²) in [5.41, 5.74) is 5.80. The molecule has 12 nitrogen and oxygen atoms in total. The lowest BCUT2D eigenvalue weighted by molar-refractivity contribution is -0.152. The van der Waals surface area contributed by atoms with Crippen molar-refractivity contribution in [3.63, 3.8) is 0 Å². The van der Waals surface area contributed by atoms with E-state index in [2.05, 4.69) is 0 Å². The zero-order valence-electron chi connectivity index (χ0n) is 25.7. The van der Waals surface area contributed by atoms with Crippen LogP contribution in [0.25, 0.3) is 0 Å². The standard InChI is InChI=1S/C29H45NO11/c1-16(2)19(6)37-27(33)39-23-12-11-21(14-24(23)40-28(34)38-20(7)17(3)4)13-22(30)25(31)36-18(5)15-35-26(32)41-29(8,9)10/h11-12,14,16-20,22H,13,15,30H2,1-10H3/t18-,19?,20?,22-/m0/s1. The summed E-state index contributed by atoms with van der Waals surface area (Å²) in [6.45, 7) is 17.4. The van der Waals surface area contributed by atoms with E-state index in [1.807, 2.05) is 27.7 Å². The maximum absolute atomic E-state index is 12.5. The van der Waals surface area contributed by atoms with Crippen LogP contribution in [0.5, 0.6) is 11.5 Å². The first-order valence-electron chi connectivity index (χ1n) is 13.6. The number of hydrogen-bond acceptors (Lipinski definition) is 12. The summed E-state index contributed by atoms with van der Waals surface area (Å²) in [5.74, 6) is -0.867. The van der Waals surface area contributed by atoms with Gasteiger partial charge in [0.15, 0.2) is 11.5 Å². The molecule has 12 heteroatoms. The minimum Gasteiger partial charge on any atom is -0.458 e. The van der Waals surface area contributed by atoms with Crippen molar-refractivity contribution in [1.82, 2.24) is 0 Å². The molecule has 0 spiro atoms. The van der Waals surface area contributed by atoms with E-state index in [1.54, 1.807) is 40.7 Å². The van der Waals surface area contributed by atoms with Crippen molar-refractivity contribution in [2.24, 2.45) is 17.6 Å². The van der Waals surface area contributed by atoms with Gasteiger partial charge in [0.25, 0.3) is 0 Å². The highest BCUT2D eigenvalue weighted by atomic mass is 16.8. The lowest BCUT2D eigenvalue weighted by Crippen LogP contribution is -2.37. The van der Waals surface area contributed by atoms with Crippen LogP contribution in [-0.2, 0) is 34.9 Å². The first-order chi connectivity index (χ1) is 18.9. The molecule has 0 aliphatic carbocycles. The van der Waals surface area contributed by atoms with E-state index in [9.17, 15) is 19.2 Å². The second kappa shape index (κ2) is 16.0. The molecule has 0 bridgehead atoms. The van der Waals surface area contributed by atoms with Gasteiger partial charge in [-0.3, -0.25) is 4.79 Å². The van der Waals surface area contributed by atoms with Gasteiger partial charge in [-0.2, -0.15) is 0 Å². The highest BCUT2D eigenvalue weighted by molar-refractivity contribution is 5.76. The minimum atomic E-state index is -1.11. The van der Waals surface area contributed by atoms with Crippen molar-refractivity contribution in [3.8, 4) is 11.5 Å². The molecule has 1 aromatic carbocycles. The Labute approximate surface area is 242 Å². The normalized spacial score (nSPS) is 14.4. The number of hydrogen-bond donors (Lipinski definition) is 1. The number of nitrogens with two attached hydrogens (primary N) is 1. The summed E-state index contributed by atoms with van der Waals surface area (Å²) >= 11 is 0. The van der Waals surface area contributed by atoms with Crippen LogP contribution in [0, 0.1) is 11.8 Å². The Morgan fingerprint density at radius 3 is 1.76 bits per heavy atom. The van der Waals surface area contributed by atoms with Crippen molar-refractivity contribution in [2.75, 3.05) is 6.61 Å². The molecule has 0 radical (unpaired) electrons. The van der Waals surface area contributed by atoms with Gasteiger partial charge in [0.05, 0.1) is 0 Å². The van der Waals surface area contributed by atoms with Gasteiger partial charge in [-0.25, -0.2) is 14.4 Å². The summed E-state index contributed by atoms with van der Waals surface area (Å²) in [7, 11) is 0. The SMILES string of the molecule is CC(C)C(C)OC(=O)Oc1ccc(C[C@H](N)C(=O)O[C@@H](C)COC(=O)OC(C)(C)C)cc1OC(=O)OC(C)C(C)C. The zero-order chi connectivity index (χ0) is 31.5. The Bertz CT molecular complexity index is 1030. The fourth-order valence-electron chi connectivity index (χ4n) is 2.77. The number of carbonyl (C=O) groups is 4. The summed E-state index contributed by atoms with van der Waals surface area (Å²) in [5, 5.41) is 0. The maximum atomic E-state index is 12.5. The molecular weight excluding hydrogens is 538 g/mol. The molecule has 232 valence electrons. The molecule has 0 fully saturated rings. The highest BCUT2D eigenvalue weighted by Gasteiger charge is 2.24. The Kier molecular flexibility index (Phi) is 13.9. The molecule has 1 aromatic rings. The van der Waals surface area contributed by atoms with E-state index < -0.39 is 54.4 Å². The second-order valence-corrected chi connectivity index (χ2v) is 11.5. The Hall–Kier alpha value is -3.54. The third kappa shape index (κ3) is 14.1. The van der Waals surface area contributed by atoms with E-state index in [0.29, 0.717) is 5.56 Å². The van der Waals surface area contributed by atoms with Gasteiger partial charge in [-0.1, -0.05) is 33.8 Å². The quantitative estimate of drug-likeness (QED) is 0.186. The van der Waals surface area contributed by atoms with Crippen LogP contribution in [0.4, 0.5) is 14.4 Å². The number of rotatable bonds is 12. The molecule has 41 heavy (non-hydrogen) atoms. The van der Waals surface area contributed by atoms with Gasteiger partial charge in [-0.15, -0.1) is 0 Å². The predicted molar refractivity (Wildman–Crippen MR) is 149 cm³/mol. The topological polar surface area (TPSA) is 159 Å². The van der Waals surface area contributed by atoms with Crippen LogP contribution < -0.4 is 15.2 Å². The number of carbonyl (C=O) groups excluding carboxylic acids is 4. The van der Waals surface area contributed by atoms with Gasteiger partial charge in [0.2, 0.25) is 0 Å².